The van der Waals surface area contributed by atoms with Gasteiger partial charge in [0.05, 0.1) is 16.7 Å². The summed E-state index contributed by atoms with van der Waals surface area (Å²) in [6.45, 7) is 5.38. The largest absolute Gasteiger partial charge is 0.305 e. The Morgan fingerprint density at radius 1 is 1.39 bits per heavy atom. The Labute approximate surface area is 115 Å². The van der Waals surface area contributed by atoms with E-state index < -0.39 is 0 Å². The maximum absolute atomic E-state index is 4.68. The Morgan fingerprint density at radius 2 is 2.28 bits per heavy atom. The van der Waals surface area contributed by atoms with E-state index in [0.717, 1.165) is 6.54 Å². The molecule has 0 saturated carbocycles. The smallest absolute Gasteiger partial charge is 0.0898 e. The number of nitrogens with zero attached hydrogens (tertiary/aromatic N) is 1. The van der Waals surface area contributed by atoms with Crippen molar-refractivity contribution >= 4 is 11.3 Å². The minimum absolute atomic E-state index is 0.355. The van der Waals surface area contributed by atoms with Crippen LogP contribution < -0.4 is 5.32 Å². The van der Waals surface area contributed by atoms with Gasteiger partial charge in [0.1, 0.15) is 0 Å². The van der Waals surface area contributed by atoms with Gasteiger partial charge in [-0.2, -0.15) is 0 Å². The third kappa shape index (κ3) is 3.66. The lowest BCUT2D eigenvalue weighted by Gasteiger charge is -2.20. The van der Waals surface area contributed by atoms with Gasteiger partial charge in [0.25, 0.3) is 0 Å². The summed E-state index contributed by atoms with van der Waals surface area (Å²) in [6, 6.07) is 0.355. The molecule has 0 aromatic carbocycles. The number of rotatable bonds is 5. The molecule has 0 spiro atoms. The molecule has 1 heterocycles. The van der Waals surface area contributed by atoms with Crippen molar-refractivity contribution in [3.8, 4) is 0 Å². The number of hydrogen-bond donors (Lipinski definition) is 1. The van der Waals surface area contributed by atoms with E-state index >= 15 is 0 Å². The zero-order valence-electron chi connectivity index (χ0n) is 11.5. The fourth-order valence-corrected chi connectivity index (χ4v) is 3.17. The van der Waals surface area contributed by atoms with Crippen LogP contribution in [0, 0.1) is 6.92 Å². The number of thiazole rings is 1. The predicted octanol–water partition coefficient (Wildman–Crippen LogP) is 4.38. The number of nitrogens with one attached hydrogen (secondary N) is 1. The van der Waals surface area contributed by atoms with Gasteiger partial charge in [0.2, 0.25) is 0 Å². The Morgan fingerprint density at radius 3 is 3.00 bits per heavy atom. The van der Waals surface area contributed by atoms with Crippen LogP contribution in [0.5, 0.6) is 0 Å². The van der Waals surface area contributed by atoms with Crippen LogP contribution in [-0.4, -0.2) is 11.5 Å². The molecule has 0 fully saturated rings. The van der Waals surface area contributed by atoms with Crippen LogP contribution in [0.25, 0.3) is 0 Å². The molecule has 1 aromatic heterocycles. The third-order valence-electron chi connectivity index (χ3n) is 3.48. The lowest BCUT2D eigenvalue weighted by molar-refractivity contribution is 0.558. The van der Waals surface area contributed by atoms with Gasteiger partial charge in [-0.3, -0.25) is 0 Å². The first-order valence-corrected chi connectivity index (χ1v) is 8.03. The van der Waals surface area contributed by atoms with Gasteiger partial charge in [-0.15, -0.1) is 11.3 Å². The second kappa shape index (κ2) is 7.05. The molecule has 0 bridgehead atoms. The molecule has 3 heteroatoms. The average molecular weight is 264 g/mol. The first-order valence-electron chi connectivity index (χ1n) is 7.15. The molecule has 2 nitrogen and oxygen atoms in total. The Kier molecular flexibility index (Phi) is 5.39. The summed E-state index contributed by atoms with van der Waals surface area (Å²) in [5.41, 5.74) is 2.78. The average Bonchev–Trinajstić information content (AvgIpc) is 2.65. The lowest BCUT2D eigenvalue weighted by Crippen LogP contribution is -2.24. The molecule has 0 saturated heterocycles. The fourth-order valence-electron chi connectivity index (χ4n) is 2.53. The standard InChI is InChI=1S/C15H24N2S/c1-3-10-16-15(14-11-18-12(2)17-14)13-8-6-4-5-7-9-13/h8,11,15-16H,3-7,9-10H2,1-2H3. The van der Waals surface area contributed by atoms with Crippen molar-refractivity contribution < 1.29 is 0 Å². The first-order chi connectivity index (χ1) is 8.81. The SMILES string of the molecule is CCCNC(C1=CCCCCC1)c1csc(C)n1. The first kappa shape index (κ1) is 13.8. The van der Waals surface area contributed by atoms with Gasteiger partial charge in [-0.25, -0.2) is 4.98 Å². The van der Waals surface area contributed by atoms with Gasteiger partial charge < -0.3 is 5.32 Å². The molecule has 1 unspecified atom stereocenters. The van der Waals surface area contributed by atoms with E-state index in [-0.39, 0.29) is 0 Å². The molecule has 0 amide bonds. The summed E-state index contributed by atoms with van der Waals surface area (Å²) >= 11 is 1.76. The topological polar surface area (TPSA) is 24.9 Å². The van der Waals surface area contributed by atoms with Crippen molar-refractivity contribution in [1.29, 1.82) is 0 Å². The molecule has 1 N–H and O–H groups in total. The van der Waals surface area contributed by atoms with Crippen LogP contribution in [-0.2, 0) is 0 Å². The summed E-state index contributed by atoms with van der Waals surface area (Å²) in [6.07, 6.45) is 10.2. The molecule has 1 aliphatic rings. The second-order valence-electron chi connectivity index (χ2n) is 5.06. The molecule has 0 aliphatic heterocycles. The summed E-state index contributed by atoms with van der Waals surface area (Å²) in [4.78, 5) is 4.68. The van der Waals surface area contributed by atoms with Crippen molar-refractivity contribution in [1.82, 2.24) is 10.3 Å². The quantitative estimate of drug-likeness (QED) is 0.798. The molecule has 0 radical (unpaired) electrons. The number of aryl methyl sites for hydroxylation is 1. The summed E-state index contributed by atoms with van der Waals surface area (Å²) in [5.74, 6) is 0. The van der Waals surface area contributed by atoms with Crippen molar-refractivity contribution in [2.45, 2.75) is 58.4 Å². The van der Waals surface area contributed by atoms with Crippen LogP contribution >= 0.6 is 11.3 Å². The monoisotopic (exact) mass is 264 g/mol. The second-order valence-corrected chi connectivity index (χ2v) is 6.12. The highest BCUT2D eigenvalue weighted by atomic mass is 32.1. The zero-order chi connectivity index (χ0) is 12.8. The molecule has 1 aliphatic carbocycles. The normalized spacial score (nSPS) is 18.2. The minimum atomic E-state index is 0.355. The Bertz CT molecular complexity index is 395. The van der Waals surface area contributed by atoms with Crippen LogP contribution in [0.4, 0.5) is 0 Å². The van der Waals surface area contributed by atoms with E-state index in [1.807, 2.05) is 0 Å². The summed E-state index contributed by atoms with van der Waals surface area (Å²) in [5, 5.41) is 7.06. The van der Waals surface area contributed by atoms with Gasteiger partial charge in [0.15, 0.2) is 0 Å². The minimum Gasteiger partial charge on any atom is -0.305 e. The van der Waals surface area contributed by atoms with E-state index in [4.69, 9.17) is 0 Å². The highest BCUT2D eigenvalue weighted by molar-refractivity contribution is 7.09. The van der Waals surface area contributed by atoms with Crippen LogP contribution in [0.2, 0.25) is 0 Å². The predicted molar refractivity (Wildman–Crippen MR) is 79.1 cm³/mol. The fraction of sp³-hybridized carbons (Fsp3) is 0.667. The number of hydrogen-bond acceptors (Lipinski definition) is 3. The van der Waals surface area contributed by atoms with E-state index in [0.29, 0.717) is 6.04 Å². The number of aromatic nitrogens is 1. The van der Waals surface area contributed by atoms with Gasteiger partial charge in [0, 0.05) is 5.38 Å². The molecule has 2 rings (SSSR count). The third-order valence-corrected chi connectivity index (χ3v) is 4.27. The van der Waals surface area contributed by atoms with E-state index in [1.165, 1.54) is 49.2 Å². The zero-order valence-corrected chi connectivity index (χ0v) is 12.4. The molecular weight excluding hydrogens is 240 g/mol. The summed E-state index contributed by atoms with van der Waals surface area (Å²) in [7, 11) is 0. The van der Waals surface area contributed by atoms with Crippen molar-refractivity contribution in [2.24, 2.45) is 0 Å². The molecule has 18 heavy (non-hydrogen) atoms. The van der Waals surface area contributed by atoms with Gasteiger partial charge in [-0.05, 0) is 45.6 Å². The molecule has 1 aromatic rings. The van der Waals surface area contributed by atoms with E-state index in [1.54, 1.807) is 16.9 Å². The highest BCUT2D eigenvalue weighted by Gasteiger charge is 2.19. The van der Waals surface area contributed by atoms with Crippen LogP contribution in [0.1, 0.15) is 62.2 Å². The molecular formula is C15H24N2S. The van der Waals surface area contributed by atoms with Gasteiger partial charge >= 0.3 is 0 Å². The Hall–Kier alpha value is -0.670. The van der Waals surface area contributed by atoms with Crippen LogP contribution in [0.15, 0.2) is 17.0 Å². The summed E-state index contributed by atoms with van der Waals surface area (Å²) < 4.78 is 0. The Balaban J connectivity index is 2.15. The van der Waals surface area contributed by atoms with Crippen molar-refractivity contribution in [2.75, 3.05) is 6.54 Å². The van der Waals surface area contributed by atoms with Crippen molar-refractivity contribution in [3.05, 3.63) is 27.7 Å². The molecule has 100 valence electrons. The lowest BCUT2D eigenvalue weighted by atomic mass is 9.99. The van der Waals surface area contributed by atoms with Crippen LogP contribution in [0.3, 0.4) is 0 Å². The van der Waals surface area contributed by atoms with Crippen molar-refractivity contribution in [3.63, 3.8) is 0 Å². The maximum atomic E-state index is 4.68. The van der Waals surface area contributed by atoms with E-state index in [9.17, 15) is 0 Å². The molecule has 1 atom stereocenters. The highest BCUT2D eigenvalue weighted by Crippen LogP contribution is 2.29. The van der Waals surface area contributed by atoms with Gasteiger partial charge in [-0.1, -0.05) is 25.0 Å². The maximum Gasteiger partial charge on any atom is 0.0898 e. The number of allylic oxidation sites excluding steroid dienone is 1. The van der Waals surface area contributed by atoms with E-state index in [2.05, 4.69) is 35.6 Å².